The van der Waals surface area contributed by atoms with Crippen LogP contribution in [0.15, 0.2) is 24.3 Å². The van der Waals surface area contributed by atoms with Gasteiger partial charge in [-0.3, -0.25) is 0 Å². The topological polar surface area (TPSA) is 55.4 Å². The number of aryl methyl sites for hydroxylation is 1. The van der Waals surface area contributed by atoms with Crippen LogP contribution in [0.4, 0.5) is 0 Å². The molecule has 1 atom stereocenters. The van der Waals surface area contributed by atoms with E-state index in [0.717, 1.165) is 18.5 Å². The van der Waals surface area contributed by atoms with E-state index < -0.39 is 17.6 Å². The standard InChI is InChI=1S/C17H32O6Si2/c1-15(14-25(21-5,22-6)23-7)17-10-8-16(9-11-17)12-13-24(18-2,19-3)20-4/h8-11,15H,12-14H2,1-7H3. The van der Waals surface area contributed by atoms with Crippen LogP contribution in [0.1, 0.15) is 24.0 Å². The summed E-state index contributed by atoms with van der Waals surface area (Å²) < 4.78 is 33.0. The van der Waals surface area contributed by atoms with Crippen LogP contribution in [-0.2, 0) is 33.0 Å². The van der Waals surface area contributed by atoms with Crippen molar-refractivity contribution in [3.8, 4) is 0 Å². The van der Waals surface area contributed by atoms with Gasteiger partial charge in [0.15, 0.2) is 0 Å². The van der Waals surface area contributed by atoms with Gasteiger partial charge in [0, 0.05) is 54.7 Å². The predicted octanol–water partition coefficient (Wildman–Crippen LogP) is 3.09. The molecule has 1 rings (SSSR count). The molecule has 0 spiro atoms. The number of rotatable bonds is 12. The minimum Gasteiger partial charge on any atom is -0.377 e. The van der Waals surface area contributed by atoms with Gasteiger partial charge < -0.3 is 26.6 Å². The highest BCUT2D eigenvalue weighted by Gasteiger charge is 2.40. The van der Waals surface area contributed by atoms with Crippen LogP contribution >= 0.6 is 0 Å². The molecular weight excluding hydrogens is 356 g/mol. The lowest BCUT2D eigenvalue weighted by Gasteiger charge is -2.27. The highest BCUT2D eigenvalue weighted by atomic mass is 28.4. The van der Waals surface area contributed by atoms with Crippen molar-refractivity contribution in [2.45, 2.75) is 31.4 Å². The molecule has 8 heteroatoms. The first kappa shape index (κ1) is 22.5. The second kappa shape index (κ2) is 10.5. The van der Waals surface area contributed by atoms with E-state index in [4.69, 9.17) is 26.6 Å². The molecule has 0 radical (unpaired) electrons. The fraction of sp³-hybridized carbons (Fsp3) is 0.647. The highest BCUT2D eigenvalue weighted by Crippen LogP contribution is 2.28. The Morgan fingerprint density at radius 3 is 1.56 bits per heavy atom. The summed E-state index contributed by atoms with van der Waals surface area (Å²) in [6.07, 6.45) is 0.851. The van der Waals surface area contributed by atoms with Crippen LogP contribution in [0.3, 0.4) is 0 Å². The molecule has 0 saturated carbocycles. The summed E-state index contributed by atoms with van der Waals surface area (Å²) in [7, 11) is 4.76. The minimum atomic E-state index is -2.58. The Bertz CT molecular complexity index is 472. The maximum atomic E-state index is 5.52. The second-order valence-corrected chi connectivity index (χ2v) is 12.0. The molecule has 1 unspecified atom stereocenters. The van der Waals surface area contributed by atoms with E-state index in [0.29, 0.717) is 0 Å². The summed E-state index contributed by atoms with van der Waals surface area (Å²) in [6, 6.07) is 10.1. The van der Waals surface area contributed by atoms with Gasteiger partial charge >= 0.3 is 17.6 Å². The van der Waals surface area contributed by atoms with Gasteiger partial charge in [-0.1, -0.05) is 31.2 Å². The van der Waals surface area contributed by atoms with E-state index in [1.54, 1.807) is 42.7 Å². The Kier molecular flexibility index (Phi) is 9.46. The van der Waals surface area contributed by atoms with E-state index in [2.05, 4.69) is 31.2 Å². The average Bonchev–Trinajstić information content (AvgIpc) is 2.68. The maximum Gasteiger partial charge on any atom is 0.500 e. The molecule has 0 aliphatic carbocycles. The van der Waals surface area contributed by atoms with Crippen LogP contribution in [-0.4, -0.2) is 60.3 Å². The van der Waals surface area contributed by atoms with Crippen molar-refractivity contribution in [2.24, 2.45) is 0 Å². The summed E-state index contributed by atoms with van der Waals surface area (Å²) in [5.74, 6) is 0.283. The normalized spacial score (nSPS) is 13.9. The molecule has 6 nitrogen and oxygen atoms in total. The molecule has 0 aliphatic heterocycles. The Hall–Kier alpha value is -0.586. The molecule has 144 valence electrons. The van der Waals surface area contributed by atoms with Crippen molar-refractivity contribution in [1.29, 1.82) is 0 Å². The molecule has 0 aromatic heterocycles. The molecule has 0 saturated heterocycles. The molecule has 0 fully saturated rings. The van der Waals surface area contributed by atoms with Crippen molar-refractivity contribution >= 4 is 17.6 Å². The van der Waals surface area contributed by atoms with Crippen molar-refractivity contribution < 1.29 is 26.6 Å². The number of hydrogen-bond donors (Lipinski definition) is 0. The molecule has 0 aliphatic rings. The summed E-state index contributed by atoms with van der Waals surface area (Å²) in [4.78, 5) is 0. The largest absolute Gasteiger partial charge is 0.500 e. The molecular formula is C17H32O6Si2. The Morgan fingerprint density at radius 2 is 1.16 bits per heavy atom. The number of hydrogen-bond acceptors (Lipinski definition) is 6. The van der Waals surface area contributed by atoms with Crippen LogP contribution in [0, 0.1) is 0 Å². The lowest BCUT2D eigenvalue weighted by atomic mass is 10.0. The first-order valence-electron chi connectivity index (χ1n) is 8.33. The Balaban J connectivity index is 2.72. The number of benzene rings is 1. The third-order valence-electron chi connectivity index (χ3n) is 4.69. The Morgan fingerprint density at radius 1 is 0.720 bits per heavy atom. The molecule has 0 amide bonds. The van der Waals surface area contributed by atoms with E-state index in [1.807, 2.05) is 0 Å². The second-order valence-electron chi connectivity index (χ2n) is 5.94. The monoisotopic (exact) mass is 388 g/mol. The highest BCUT2D eigenvalue weighted by molar-refractivity contribution is 6.61. The van der Waals surface area contributed by atoms with E-state index >= 15 is 0 Å². The SMILES string of the molecule is CO[Si](CCc1ccc(C(C)C[Si](OC)(OC)OC)cc1)(OC)OC. The summed E-state index contributed by atoms with van der Waals surface area (Å²) in [5.41, 5.74) is 2.47. The van der Waals surface area contributed by atoms with E-state index in [1.165, 1.54) is 11.1 Å². The zero-order valence-corrected chi connectivity index (χ0v) is 18.5. The van der Waals surface area contributed by atoms with Gasteiger partial charge in [-0.15, -0.1) is 0 Å². The summed E-state index contributed by atoms with van der Waals surface area (Å²) >= 11 is 0. The fourth-order valence-corrected chi connectivity index (χ4v) is 6.55. The quantitative estimate of drug-likeness (QED) is 0.513. The first-order valence-corrected chi connectivity index (χ1v) is 12.2. The van der Waals surface area contributed by atoms with Crippen molar-refractivity contribution in [3.63, 3.8) is 0 Å². The zero-order valence-electron chi connectivity index (χ0n) is 16.5. The maximum absolute atomic E-state index is 5.52. The van der Waals surface area contributed by atoms with E-state index in [9.17, 15) is 0 Å². The van der Waals surface area contributed by atoms with Crippen LogP contribution in [0.2, 0.25) is 12.1 Å². The summed E-state index contributed by atoms with van der Waals surface area (Å²) in [5, 5.41) is 0. The third-order valence-corrected chi connectivity index (χ3v) is 10.4. The van der Waals surface area contributed by atoms with E-state index in [-0.39, 0.29) is 5.92 Å². The third kappa shape index (κ3) is 5.97. The lowest BCUT2D eigenvalue weighted by Crippen LogP contribution is -2.43. The smallest absolute Gasteiger partial charge is 0.377 e. The van der Waals surface area contributed by atoms with Gasteiger partial charge in [0.1, 0.15) is 0 Å². The van der Waals surface area contributed by atoms with Crippen LogP contribution < -0.4 is 0 Å². The first-order chi connectivity index (χ1) is 11.9. The van der Waals surface area contributed by atoms with Gasteiger partial charge in [-0.05, 0) is 23.5 Å². The molecule has 0 N–H and O–H groups in total. The molecule has 0 heterocycles. The van der Waals surface area contributed by atoms with Crippen LogP contribution in [0.5, 0.6) is 0 Å². The Labute approximate surface area is 154 Å². The van der Waals surface area contributed by atoms with Crippen molar-refractivity contribution in [1.82, 2.24) is 0 Å². The lowest BCUT2D eigenvalue weighted by molar-refractivity contribution is 0.121. The van der Waals surface area contributed by atoms with Crippen molar-refractivity contribution in [2.75, 3.05) is 42.7 Å². The zero-order chi connectivity index (χ0) is 18.9. The minimum absolute atomic E-state index is 0.283. The molecule has 1 aromatic carbocycles. The van der Waals surface area contributed by atoms with Crippen LogP contribution in [0.25, 0.3) is 0 Å². The van der Waals surface area contributed by atoms with Gasteiger partial charge in [0.05, 0.1) is 0 Å². The van der Waals surface area contributed by atoms with Gasteiger partial charge in [-0.25, -0.2) is 0 Å². The van der Waals surface area contributed by atoms with Gasteiger partial charge in [0.25, 0.3) is 0 Å². The molecule has 0 bridgehead atoms. The van der Waals surface area contributed by atoms with Crippen molar-refractivity contribution in [3.05, 3.63) is 35.4 Å². The molecule has 1 aromatic rings. The molecule has 25 heavy (non-hydrogen) atoms. The average molecular weight is 389 g/mol. The fourth-order valence-electron chi connectivity index (χ4n) is 2.86. The summed E-state index contributed by atoms with van der Waals surface area (Å²) in [6.45, 7) is 2.16. The predicted molar refractivity (Wildman–Crippen MR) is 102 cm³/mol. The van der Waals surface area contributed by atoms with Gasteiger partial charge in [-0.2, -0.15) is 0 Å². The van der Waals surface area contributed by atoms with Gasteiger partial charge in [0.2, 0.25) is 0 Å².